The van der Waals surface area contributed by atoms with Crippen molar-refractivity contribution < 1.29 is 14.0 Å². The Morgan fingerprint density at radius 3 is 2.68 bits per heavy atom. The number of halogens is 1. The van der Waals surface area contributed by atoms with Gasteiger partial charge >= 0.3 is 0 Å². The molecule has 2 heterocycles. The van der Waals surface area contributed by atoms with Crippen molar-refractivity contribution in [3.8, 4) is 5.75 Å². The Morgan fingerprint density at radius 2 is 2.00 bits per heavy atom. The Hall–Kier alpha value is -1.81. The smallest absolute Gasteiger partial charge is 0.191 e. The van der Waals surface area contributed by atoms with Gasteiger partial charge in [0.05, 0.1) is 25.5 Å². The predicted octanol–water partition coefficient (Wildman–Crippen LogP) is 4.54. The molecular weight excluding hydrogens is 507 g/mol. The van der Waals surface area contributed by atoms with Gasteiger partial charge in [0.25, 0.3) is 0 Å². The summed E-state index contributed by atoms with van der Waals surface area (Å²) in [6.07, 6.45) is 3.18. The molecule has 0 radical (unpaired) electrons. The first-order valence-electron chi connectivity index (χ1n) is 10.9. The summed E-state index contributed by atoms with van der Waals surface area (Å²) in [5.74, 6) is 2.86. The van der Waals surface area contributed by atoms with E-state index in [9.17, 15) is 0 Å². The summed E-state index contributed by atoms with van der Waals surface area (Å²) in [7, 11) is 1.76. The quantitative estimate of drug-likeness (QED) is 0.275. The third-order valence-electron chi connectivity index (χ3n) is 5.49. The van der Waals surface area contributed by atoms with Crippen LogP contribution in [0, 0.1) is 6.92 Å². The van der Waals surface area contributed by atoms with Crippen LogP contribution in [-0.4, -0.2) is 37.5 Å². The monoisotopic (exact) mass is 542 g/mol. The molecule has 1 aliphatic rings. The second kappa shape index (κ2) is 12.9. The van der Waals surface area contributed by atoms with Gasteiger partial charge in [0, 0.05) is 37.6 Å². The van der Waals surface area contributed by atoms with Gasteiger partial charge in [-0.3, -0.25) is 4.99 Å². The molecule has 8 heteroatoms. The van der Waals surface area contributed by atoms with Gasteiger partial charge < -0.3 is 24.6 Å². The number of aromatic nitrogens is 1. The lowest BCUT2D eigenvalue weighted by Crippen LogP contribution is -2.36. The highest BCUT2D eigenvalue weighted by Crippen LogP contribution is 2.24. The molecule has 3 rings (SSSR count). The van der Waals surface area contributed by atoms with Crippen LogP contribution >= 0.6 is 24.0 Å². The number of nitrogens with one attached hydrogen (secondary N) is 2. The Kier molecular flexibility index (Phi) is 10.6. The highest BCUT2D eigenvalue weighted by molar-refractivity contribution is 14.0. The Labute approximate surface area is 202 Å². The van der Waals surface area contributed by atoms with E-state index in [1.165, 1.54) is 5.56 Å². The predicted molar refractivity (Wildman–Crippen MR) is 133 cm³/mol. The summed E-state index contributed by atoms with van der Waals surface area (Å²) < 4.78 is 17.1. The number of rotatable bonds is 9. The number of benzene rings is 1. The van der Waals surface area contributed by atoms with Crippen LogP contribution < -0.4 is 15.4 Å². The lowest BCUT2D eigenvalue weighted by molar-refractivity contribution is 0.140. The van der Waals surface area contributed by atoms with Gasteiger partial charge in [-0.1, -0.05) is 31.1 Å². The van der Waals surface area contributed by atoms with E-state index in [4.69, 9.17) is 14.0 Å². The molecule has 7 nitrogen and oxygen atoms in total. The van der Waals surface area contributed by atoms with Crippen molar-refractivity contribution >= 4 is 29.9 Å². The zero-order valence-corrected chi connectivity index (χ0v) is 21.3. The number of aliphatic imine (C=N–C) groups is 1. The average Bonchev–Trinajstić information content (AvgIpc) is 3.43. The van der Waals surface area contributed by atoms with E-state index in [-0.39, 0.29) is 30.1 Å². The minimum Gasteiger partial charge on any atom is -0.488 e. The molecule has 172 valence electrons. The Bertz CT molecular complexity index is 830. The molecular formula is C23H35IN4O3. The van der Waals surface area contributed by atoms with Gasteiger partial charge in [0.15, 0.2) is 11.7 Å². The maximum atomic E-state index is 6.18. The van der Waals surface area contributed by atoms with Crippen molar-refractivity contribution in [3.05, 3.63) is 46.8 Å². The van der Waals surface area contributed by atoms with Crippen molar-refractivity contribution in [1.82, 2.24) is 15.8 Å². The summed E-state index contributed by atoms with van der Waals surface area (Å²) in [4.78, 5) is 4.31. The zero-order chi connectivity index (χ0) is 21.3. The third kappa shape index (κ3) is 7.38. The molecule has 1 saturated heterocycles. The van der Waals surface area contributed by atoms with Gasteiger partial charge in [-0.15, -0.1) is 24.0 Å². The van der Waals surface area contributed by atoms with Crippen LogP contribution in [0.5, 0.6) is 5.75 Å². The average molecular weight is 542 g/mol. The molecule has 0 amide bonds. The van der Waals surface area contributed by atoms with Gasteiger partial charge in [-0.2, -0.15) is 0 Å². The maximum absolute atomic E-state index is 6.18. The number of hydrogen-bond acceptors (Lipinski definition) is 5. The Morgan fingerprint density at radius 1 is 1.23 bits per heavy atom. The molecule has 1 aromatic heterocycles. The molecule has 31 heavy (non-hydrogen) atoms. The second-order valence-electron chi connectivity index (χ2n) is 7.73. The summed E-state index contributed by atoms with van der Waals surface area (Å²) in [6, 6.07) is 8.31. The van der Waals surface area contributed by atoms with Crippen LogP contribution in [0.2, 0.25) is 0 Å². The summed E-state index contributed by atoms with van der Waals surface area (Å²) in [5, 5.41) is 10.9. The zero-order valence-electron chi connectivity index (χ0n) is 18.9. The summed E-state index contributed by atoms with van der Waals surface area (Å²) in [6.45, 7) is 8.98. The van der Waals surface area contributed by atoms with E-state index in [1.54, 1.807) is 7.05 Å². The van der Waals surface area contributed by atoms with Crippen LogP contribution in [0.25, 0.3) is 0 Å². The first-order chi connectivity index (χ1) is 14.6. The fourth-order valence-electron chi connectivity index (χ4n) is 3.58. The van der Waals surface area contributed by atoms with Crippen molar-refractivity contribution in [1.29, 1.82) is 0 Å². The molecule has 1 atom stereocenters. The van der Waals surface area contributed by atoms with Crippen molar-refractivity contribution in [2.24, 2.45) is 4.99 Å². The molecule has 1 aromatic carbocycles. The molecule has 0 bridgehead atoms. The van der Waals surface area contributed by atoms with E-state index >= 15 is 0 Å². The maximum Gasteiger partial charge on any atom is 0.191 e. The van der Waals surface area contributed by atoms with E-state index in [0.717, 1.165) is 48.6 Å². The molecule has 1 unspecified atom stereocenters. The molecule has 1 fully saturated rings. The van der Waals surface area contributed by atoms with E-state index in [1.807, 2.05) is 6.07 Å². The number of ether oxygens (including phenoxy) is 2. The summed E-state index contributed by atoms with van der Waals surface area (Å²) in [5.41, 5.74) is 3.29. The first kappa shape index (κ1) is 25.5. The third-order valence-corrected chi connectivity index (χ3v) is 5.49. The molecule has 0 spiro atoms. The van der Waals surface area contributed by atoms with Crippen molar-refractivity contribution in [3.63, 3.8) is 0 Å². The highest BCUT2D eigenvalue weighted by Gasteiger charge is 2.19. The van der Waals surface area contributed by atoms with Crippen LogP contribution in [0.4, 0.5) is 0 Å². The molecule has 2 aromatic rings. The van der Waals surface area contributed by atoms with E-state index < -0.39 is 0 Å². The highest BCUT2D eigenvalue weighted by atomic mass is 127. The van der Waals surface area contributed by atoms with Crippen molar-refractivity contribution in [2.45, 2.75) is 65.1 Å². The van der Waals surface area contributed by atoms with Crippen LogP contribution in [0.3, 0.4) is 0 Å². The number of guanidine groups is 1. The van der Waals surface area contributed by atoms with E-state index in [2.05, 4.69) is 59.8 Å². The van der Waals surface area contributed by atoms with E-state index in [0.29, 0.717) is 31.6 Å². The fraction of sp³-hybridized carbons (Fsp3) is 0.565. The molecule has 0 saturated carbocycles. The van der Waals surface area contributed by atoms with Crippen LogP contribution in [-0.2, 0) is 17.8 Å². The van der Waals surface area contributed by atoms with Gasteiger partial charge in [0.1, 0.15) is 11.9 Å². The Balaban J connectivity index is 0.00000341. The van der Waals surface area contributed by atoms with Crippen LogP contribution in [0.15, 0.2) is 33.8 Å². The van der Waals surface area contributed by atoms with Gasteiger partial charge in [-0.25, -0.2) is 0 Å². The molecule has 1 aliphatic heterocycles. The largest absolute Gasteiger partial charge is 0.488 e. The number of hydrogen-bond donors (Lipinski definition) is 2. The second-order valence-corrected chi connectivity index (χ2v) is 7.73. The van der Waals surface area contributed by atoms with Gasteiger partial charge in [-0.05, 0) is 31.4 Å². The minimum atomic E-state index is 0. The topological polar surface area (TPSA) is 80.9 Å². The van der Waals surface area contributed by atoms with Crippen molar-refractivity contribution in [2.75, 3.05) is 20.3 Å². The summed E-state index contributed by atoms with van der Waals surface area (Å²) >= 11 is 0. The molecule has 2 N–H and O–H groups in total. The molecule has 0 aliphatic carbocycles. The number of aryl methyl sites for hydroxylation is 1. The minimum absolute atomic E-state index is 0. The standard InChI is InChI=1S/C23H34N4O3.HI/c1-5-17(6-2)21-12-20(30-27-21)14-26-23(24-4)25-13-18-8-7-16(3)11-22(18)29-19-9-10-28-15-19;/h7-8,11-12,17,19H,5-6,9-10,13-15H2,1-4H3,(H2,24,25,26);1H. The van der Waals surface area contributed by atoms with Crippen LogP contribution in [0.1, 0.15) is 61.6 Å². The lowest BCUT2D eigenvalue weighted by Gasteiger charge is -2.17. The normalized spacial score (nSPS) is 16.3. The first-order valence-corrected chi connectivity index (χ1v) is 10.9. The SMILES string of the molecule is CCC(CC)c1cc(CNC(=NC)NCc2ccc(C)cc2OC2CCOC2)on1.I. The number of nitrogens with zero attached hydrogens (tertiary/aromatic N) is 2. The fourth-order valence-corrected chi connectivity index (χ4v) is 3.58. The van der Waals surface area contributed by atoms with Gasteiger partial charge in [0.2, 0.25) is 0 Å². The lowest BCUT2D eigenvalue weighted by atomic mass is 9.99.